The van der Waals surface area contributed by atoms with Crippen molar-refractivity contribution < 1.29 is 9.53 Å². The Labute approximate surface area is 136 Å². The number of rotatable bonds is 2. The van der Waals surface area contributed by atoms with Crippen molar-refractivity contribution in [1.82, 2.24) is 4.90 Å². The van der Waals surface area contributed by atoms with Gasteiger partial charge in [-0.15, -0.1) is 0 Å². The summed E-state index contributed by atoms with van der Waals surface area (Å²) in [5, 5.41) is 2.49. The van der Waals surface area contributed by atoms with Crippen LogP contribution in [0.2, 0.25) is 0 Å². The number of hydrogen-bond acceptors (Lipinski definition) is 2. The van der Waals surface area contributed by atoms with Gasteiger partial charge >= 0.3 is 0 Å². The standard InChI is InChI=1S/C20H21NO2/c1-3-13-6-9-19(22)21-11-10-16-17(20(13)21)8-5-14-4-7-15(23-2)12-18(14)16/h4-5,7-8,12H,3,6,9-11H2,1-2H3. The summed E-state index contributed by atoms with van der Waals surface area (Å²) >= 11 is 0. The summed E-state index contributed by atoms with van der Waals surface area (Å²) in [6.07, 6.45) is 3.47. The van der Waals surface area contributed by atoms with Crippen LogP contribution >= 0.6 is 0 Å². The fourth-order valence-corrected chi connectivity index (χ4v) is 3.95. The number of methoxy groups -OCH3 is 1. The highest BCUT2D eigenvalue weighted by molar-refractivity contribution is 5.97. The van der Waals surface area contributed by atoms with E-state index >= 15 is 0 Å². The Hall–Kier alpha value is -2.29. The van der Waals surface area contributed by atoms with E-state index in [9.17, 15) is 4.79 Å². The van der Waals surface area contributed by atoms with Crippen molar-refractivity contribution >= 4 is 22.4 Å². The van der Waals surface area contributed by atoms with E-state index in [1.54, 1.807) is 7.11 Å². The summed E-state index contributed by atoms with van der Waals surface area (Å²) in [4.78, 5) is 14.3. The van der Waals surface area contributed by atoms with E-state index in [1.807, 2.05) is 11.0 Å². The van der Waals surface area contributed by atoms with Gasteiger partial charge in [-0.05, 0) is 53.3 Å². The maximum atomic E-state index is 12.3. The number of carbonyl (C=O) groups excluding carboxylic acids is 1. The van der Waals surface area contributed by atoms with Gasteiger partial charge in [-0.25, -0.2) is 0 Å². The van der Waals surface area contributed by atoms with Crippen LogP contribution in [0, 0.1) is 0 Å². The number of fused-ring (bicyclic) bond motifs is 5. The Balaban J connectivity index is 1.98. The highest BCUT2D eigenvalue weighted by Gasteiger charge is 2.31. The lowest BCUT2D eigenvalue weighted by molar-refractivity contribution is -0.128. The van der Waals surface area contributed by atoms with Crippen LogP contribution in [0.1, 0.15) is 37.3 Å². The lowest BCUT2D eigenvalue weighted by Gasteiger charge is -2.37. The first-order chi connectivity index (χ1) is 11.2. The number of allylic oxidation sites excluding steroid dienone is 1. The summed E-state index contributed by atoms with van der Waals surface area (Å²) < 4.78 is 5.40. The maximum Gasteiger partial charge on any atom is 0.227 e. The van der Waals surface area contributed by atoms with E-state index in [4.69, 9.17) is 4.74 Å². The van der Waals surface area contributed by atoms with Crippen LogP contribution in [0.15, 0.2) is 35.9 Å². The number of hydrogen-bond donors (Lipinski definition) is 0. The molecule has 0 saturated carbocycles. The van der Waals surface area contributed by atoms with Gasteiger partial charge in [0.15, 0.2) is 0 Å². The van der Waals surface area contributed by atoms with Crippen LogP contribution in [-0.2, 0) is 11.2 Å². The zero-order valence-corrected chi connectivity index (χ0v) is 13.7. The van der Waals surface area contributed by atoms with E-state index in [-0.39, 0.29) is 5.91 Å². The molecule has 2 heterocycles. The van der Waals surface area contributed by atoms with Gasteiger partial charge in [0, 0.05) is 18.5 Å². The Bertz CT molecular complexity index is 835. The average Bonchev–Trinajstić information content (AvgIpc) is 2.61. The van der Waals surface area contributed by atoms with Crippen LogP contribution in [0.5, 0.6) is 5.75 Å². The molecule has 0 fully saturated rings. The van der Waals surface area contributed by atoms with Gasteiger partial charge in [-0.3, -0.25) is 4.79 Å². The van der Waals surface area contributed by atoms with Crippen LogP contribution in [0.4, 0.5) is 0 Å². The van der Waals surface area contributed by atoms with Crippen LogP contribution in [0.25, 0.3) is 16.5 Å². The molecule has 1 amide bonds. The fourth-order valence-electron chi connectivity index (χ4n) is 3.95. The molecule has 2 aromatic rings. The van der Waals surface area contributed by atoms with Crippen molar-refractivity contribution in [2.45, 2.75) is 32.6 Å². The van der Waals surface area contributed by atoms with Gasteiger partial charge in [0.2, 0.25) is 5.91 Å². The zero-order valence-electron chi connectivity index (χ0n) is 13.7. The first kappa shape index (κ1) is 14.3. The van der Waals surface area contributed by atoms with Crippen LogP contribution in [-0.4, -0.2) is 24.5 Å². The second-order valence-corrected chi connectivity index (χ2v) is 6.28. The van der Waals surface area contributed by atoms with Crippen molar-refractivity contribution in [3.63, 3.8) is 0 Å². The molecule has 0 saturated heterocycles. The average molecular weight is 307 g/mol. The first-order valence-electron chi connectivity index (χ1n) is 8.35. The molecule has 0 N–H and O–H groups in total. The zero-order chi connectivity index (χ0) is 16.0. The van der Waals surface area contributed by atoms with E-state index in [0.717, 1.165) is 31.6 Å². The summed E-state index contributed by atoms with van der Waals surface area (Å²) in [6.45, 7) is 2.98. The lowest BCUT2D eigenvalue weighted by atomic mass is 9.85. The molecule has 118 valence electrons. The summed E-state index contributed by atoms with van der Waals surface area (Å²) in [5.41, 5.74) is 5.18. The molecule has 0 atom stereocenters. The fraction of sp³-hybridized carbons (Fsp3) is 0.350. The third-order valence-electron chi connectivity index (χ3n) is 5.15. The quantitative estimate of drug-likeness (QED) is 0.834. The normalized spacial score (nSPS) is 17.3. The maximum absolute atomic E-state index is 12.3. The van der Waals surface area contributed by atoms with Gasteiger partial charge in [0.05, 0.1) is 12.8 Å². The number of benzene rings is 2. The minimum Gasteiger partial charge on any atom is -0.497 e. The SMILES string of the molecule is CCC1=C2c3ccc4ccc(OC)cc4c3CCN2C(=O)CC1. The molecule has 0 bridgehead atoms. The largest absolute Gasteiger partial charge is 0.497 e. The van der Waals surface area contributed by atoms with E-state index in [2.05, 4.69) is 31.2 Å². The summed E-state index contributed by atoms with van der Waals surface area (Å²) in [5.74, 6) is 1.16. The monoisotopic (exact) mass is 307 g/mol. The predicted octanol–water partition coefficient (Wildman–Crippen LogP) is 4.15. The number of ether oxygens (including phenoxy) is 1. The third-order valence-corrected chi connectivity index (χ3v) is 5.15. The number of carbonyl (C=O) groups is 1. The van der Waals surface area contributed by atoms with Crippen LogP contribution < -0.4 is 4.74 Å². The van der Waals surface area contributed by atoms with Gasteiger partial charge in [0.25, 0.3) is 0 Å². The molecule has 3 nitrogen and oxygen atoms in total. The van der Waals surface area contributed by atoms with Crippen molar-refractivity contribution in [3.8, 4) is 5.75 Å². The molecule has 0 aliphatic carbocycles. The lowest BCUT2D eigenvalue weighted by Crippen LogP contribution is -2.38. The molecule has 0 aromatic heterocycles. The van der Waals surface area contributed by atoms with Gasteiger partial charge < -0.3 is 9.64 Å². The van der Waals surface area contributed by atoms with Gasteiger partial charge in [-0.2, -0.15) is 0 Å². The van der Waals surface area contributed by atoms with E-state index in [0.29, 0.717) is 6.42 Å². The van der Waals surface area contributed by atoms with Gasteiger partial charge in [0.1, 0.15) is 5.75 Å². The second kappa shape index (κ2) is 5.41. The summed E-state index contributed by atoms with van der Waals surface area (Å²) in [6, 6.07) is 10.6. The molecule has 23 heavy (non-hydrogen) atoms. The Morgan fingerprint density at radius 2 is 1.96 bits per heavy atom. The minimum atomic E-state index is 0.272. The van der Waals surface area contributed by atoms with Crippen molar-refractivity contribution in [2.24, 2.45) is 0 Å². The first-order valence-corrected chi connectivity index (χ1v) is 8.35. The molecule has 2 aliphatic heterocycles. The minimum absolute atomic E-state index is 0.272. The van der Waals surface area contributed by atoms with Crippen molar-refractivity contribution in [1.29, 1.82) is 0 Å². The smallest absolute Gasteiger partial charge is 0.227 e. The second-order valence-electron chi connectivity index (χ2n) is 6.28. The Morgan fingerprint density at radius 3 is 2.74 bits per heavy atom. The van der Waals surface area contributed by atoms with Crippen LogP contribution in [0.3, 0.4) is 0 Å². The Kier molecular flexibility index (Phi) is 3.37. The molecule has 0 unspecified atom stereocenters. The molecule has 0 spiro atoms. The summed E-state index contributed by atoms with van der Waals surface area (Å²) in [7, 11) is 1.70. The molecule has 3 heteroatoms. The molecule has 2 aliphatic rings. The molecular weight excluding hydrogens is 286 g/mol. The topological polar surface area (TPSA) is 29.5 Å². The Morgan fingerprint density at radius 1 is 1.13 bits per heavy atom. The highest BCUT2D eigenvalue weighted by Crippen LogP contribution is 2.40. The van der Waals surface area contributed by atoms with E-state index < -0.39 is 0 Å². The predicted molar refractivity (Wildman–Crippen MR) is 92.4 cm³/mol. The van der Waals surface area contributed by atoms with Gasteiger partial charge in [-0.1, -0.05) is 25.1 Å². The molecular formula is C20H21NO2. The van der Waals surface area contributed by atoms with E-state index in [1.165, 1.54) is 33.2 Å². The number of nitrogens with zero attached hydrogens (tertiary/aromatic N) is 1. The van der Waals surface area contributed by atoms with Crippen molar-refractivity contribution in [2.75, 3.05) is 13.7 Å². The highest BCUT2D eigenvalue weighted by atomic mass is 16.5. The molecule has 4 rings (SSSR count). The molecule has 0 radical (unpaired) electrons. The third kappa shape index (κ3) is 2.14. The van der Waals surface area contributed by atoms with Crippen molar-refractivity contribution in [3.05, 3.63) is 47.0 Å². The number of amides is 1. The molecule has 2 aromatic carbocycles.